The van der Waals surface area contributed by atoms with Crippen LogP contribution in [0.4, 0.5) is 13.2 Å². The fourth-order valence-electron chi connectivity index (χ4n) is 3.10. The molecule has 162 valence electrons. The zero-order valence-electron chi connectivity index (χ0n) is 17.5. The number of ether oxygens (including phenoxy) is 2. The van der Waals surface area contributed by atoms with E-state index < -0.39 is 35.8 Å². The van der Waals surface area contributed by atoms with Crippen molar-refractivity contribution in [1.29, 1.82) is 5.26 Å². The molecule has 0 aliphatic rings. The van der Waals surface area contributed by atoms with Crippen LogP contribution in [0.1, 0.15) is 50.2 Å². The van der Waals surface area contributed by atoms with Crippen LogP contribution in [0.15, 0.2) is 24.3 Å². The number of carbonyl (C=O) groups is 1. The molecule has 0 fully saturated rings. The zero-order chi connectivity index (χ0) is 22.7. The van der Waals surface area contributed by atoms with Gasteiger partial charge in [0.1, 0.15) is 11.4 Å². The van der Waals surface area contributed by atoms with E-state index in [2.05, 4.69) is 5.10 Å². The maximum Gasteiger partial charge on any atom is 0.433 e. The summed E-state index contributed by atoms with van der Waals surface area (Å²) in [6, 6.07) is 8.41. The Morgan fingerprint density at radius 3 is 2.30 bits per heavy atom. The molecule has 0 saturated heterocycles. The van der Waals surface area contributed by atoms with Crippen LogP contribution >= 0.6 is 0 Å². The molecule has 0 radical (unpaired) electrons. The van der Waals surface area contributed by atoms with Crippen molar-refractivity contribution in [3.05, 3.63) is 46.8 Å². The molecular weight excluding hydrogens is 399 g/mol. The van der Waals surface area contributed by atoms with E-state index in [0.29, 0.717) is 11.3 Å². The zero-order valence-corrected chi connectivity index (χ0v) is 17.5. The minimum Gasteiger partial charge on any atom is -0.497 e. The first kappa shape index (κ1) is 23.3. The van der Waals surface area contributed by atoms with Crippen LogP contribution < -0.4 is 4.74 Å². The van der Waals surface area contributed by atoms with Crippen molar-refractivity contribution in [2.24, 2.45) is 0 Å². The summed E-state index contributed by atoms with van der Waals surface area (Å²) < 4.78 is 53.1. The lowest BCUT2D eigenvalue weighted by Crippen LogP contribution is -2.24. The van der Waals surface area contributed by atoms with Gasteiger partial charge in [-0.15, -0.1) is 0 Å². The van der Waals surface area contributed by atoms with E-state index in [4.69, 9.17) is 9.47 Å². The Morgan fingerprint density at radius 1 is 1.23 bits per heavy atom. The second kappa shape index (κ2) is 8.78. The second-order valence-corrected chi connectivity index (χ2v) is 7.63. The Kier molecular flexibility index (Phi) is 6.80. The van der Waals surface area contributed by atoms with E-state index in [-0.39, 0.29) is 17.8 Å². The molecule has 30 heavy (non-hydrogen) atoms. The van der Waals surface area contributed by atoms with Crippen molar-refractivity contribution < 1.29 is 27.4 Å². The number of benzene rings is 1. The van der Waals surface area contributed by atoms with Crippen LogP contribution in [0.25, 0.3) is 0 Å². The van der Waals surface area contributed by atoms with Crippen LogP contribution in [0, 0.1) is 11.3 Å². The Labute approximate surface area is 173 Å². The highest BCUT2D eigenvalue weighted by atomic mass is 19.4. The molecule has 0 aliphatic carbocycles. The molecule has 2 rings (SSSR count). The fraction of sp³-hybridized carbons (Fsp3) is 0.476. The third kappa shape index (κ3) is 5.32. The summed E-state index contributed by atoms with van der Waals surface area (Å²) in [6.07, 6.45) is -5.66. The highest BCUT2D eigenvalue weighted by molar-refractivity contribution is 5.73. The summed E-state index contributed by atoms with van der Waals surface area (Å²) in [5, 5.41) is 13.6. The number of esters is 1. The largest absolute Gasteiger partial charge is 0.497 e. The molecule has 1 aromatic heterocycles. The van der Waals surface area contributed by atoms with Gasteiger partial charge < -0.3 is 9.47 Å². The van der Waals surface area contributed by atoms with Gasteiger partial charge in [-0.3, -0.25) is 9.48 Å². The van der Waals surface area contributed by atoms with E-state index in [0.717, 1.165) is 4.68 Å². The number of nitrogens with zero attached hydrogens (tertiary/aromatic N) is 3. The van der Waals surface area contributed by atoms with Gasteiger partial charge in [0.2, 0.25) is 0 Å². The molecule has 0 amide bonds. The first-order chi connectivity index (χ1) is 13.9. The molecule has 0 aliphatic heterocycles. The van der Waals surface area contributed by atoms with Gasteiger partial charge in [-0.05, 0) is 45.4 Å². The smallest absolute Gasteiger partial charge is 0.433 e. The van der Waals surface area contributed by atoms with Gasteiger partial charge in [-0.25, -0.2) is 0 Å². The first-order valence-corrected chi connectivity index (χ1v) is 9.30. The average Bonchev–Trinajstić information content (AvgIpc) is 3.00. The quantitative estimate of drug-likeness (QED) is 0.622. The van der Waals surface area contributed by atoms with Crippen molar-refractivity contribution in [3.63, 3.8) is 0 Å². The maximum atomic E-state index is 14.1. The Balaban J connectivity index is 2.61. The van der Waals surface area contributed by atoms with Crippen LogP contribution in [0.2, 0.25) is 0 Å². The van der Waals surface area contributed by atoms with Gasteiger partial charge in [0, 0.05) is 5.56 Å². The molecular formula is C21H24F3N3O3. The summed E-state index contributed by atoms with van der Waals surface area (Å²) in [5.41, 5.74) is -2.44. The lowest BCUT2D eigenvalue weighted by atomic mass is 9.83. The molecule has 0 bridgehead atoms. The molecule has 0 unspecified atom stereocenters. The molecule has 1 heterocycles. The van der Waals surface area contributed by atoms with Crippen LogP contribution in [0.3, 0.4) is 0 Å². The average molecular weight is 423 g/mol. The van der Waals surface area contributed by atoms with Crippen molar-refractivity contribution in [2.75, 3.05) is 7.11 Å². The van der Waals surface area contributed by atoms with Crippen LogP contribution in [0.5, 0.6) is 5.75 Å². The van der Waals surface area contributed by atoms with E-state index >= 15 is 0 Å². The fourth-order valence-corrected chi connectivity index (χ4v) is 3.10. The summed E-state index contributed by atoms with van der Waals surface area (Å²) in [7, 11) is 1.49. The monoisotopic (exact) mass is 423 g/mol. The molecule has 0 saturated carbocycles. The molecule has 9 heteroatoms. The molecule has 0 spiro atoms. The van der Waals surface area contributed by atoms with E-state index in [1.54, 1.807) is 38.1 Å². The third-order valence-electron chi connectivity index (χ3n) is 4.37. The van der Waals surface area contributed by atoms with E-state index in [1.165, 1.54) is 21.0 Å². The normalized spacial score (nSPS) is 12.0. The van der Waals surface area contributed by atoms with Crippen molar-refractivity contribution >= 4 is 5.97 Å². The lowest BCUT2D eigenvalue weighted by molar-refractivity contribution is -0.147. The number of nitriles is 1. The predicted molar refractivity (Wildman–Crippen MR) is 103 cm³/mol. The van der Waals surface area contributed by atoms with Crippen LogP contribution in [-0.2, 0) is 34.1 Å². The predicted octanol–water partition coefficient (Wildman–Crippen LogP) is 4.25. The minimum atomic E-state index is -4.77. The summed E-state index contributed by atoms with van der Waals surface area (Å²) in [4.78, 5) is 12.1. The Hall–Kier alpha value is -3.02. The van der Waals surface area contributed by atoms with Gasteiger partial charge in [0.25, 0.3) is 0 Å². The molecule has 1 aromatic carbocycles. The molecule has 6 nitrogen and oxygen atoms in total. The second-order valence-electron chi connectivity index (χ2n) is 7.63. The van der Waals surface area contributed by atoms with Crippen LogP contribution in [-0.4, -0.2) is 29.0 Å². The summed E-state index contributed by atoms with van der Waals surface area (Å²) in [6.45, 7) is 5.83. The maximum absolute atomic E-state index is 14.1. The van der Waals surface area contributed by atoms with Gasteiger partial charge in [0.05, 0.1) is 43.4 Å². The topological polar surface area (TPSA) is 77.1 Å². The molecule has 0 N–H and O–H groups in total. The van der Waals surface area contributed by atoms with E-state index in [1.807, 2.05) is 6.07 Å². The standard InChI is InChI=1S/C21H24F3N3O3/c1-13(2)30-17(28)10-16-18(20(3,4)12-25)19(21(22,23)24)27(26-16)11-14-6-8-15(29-5)9-7-14/h6-9,13H,10-11H2,1-5H3. The highest BCUT2D eigenvalue weighted by Gasteiger charge is 2.44. The number of rotatable bonds is 7. The number of halogens is 3. The summed E-state index contributed by atoms with van der Waals surface area (Å²) >= 11 is 0. The number of hydrogen-bond acceptors (Lipinski definition) is 5. The van der Waals surface area contributed by atoms with Gasteiger partial charge in [-0.1, -0.05) is 12.1 Å². The van der Waals surface area contributed by atoms with Gasteiger partial charge in [0.15, 0.2) is 0 Å². The molecule has 0 atom stereocenters. The SMILES string of the molecule is COc1ccc(Cn2nc(CC(=O)OC(C)C)c(C(C)(C)C#N)c2C(F)(F)F)cc1. The lowest BCUT2D eigenvalue weighted by Gasteiger charge is -2.20. The Morgan fingerprint density at radius 2 is 1.83 bits per heavy atom. The third-order valence-corrected chi connectivity index (χ3v) is 4.37. The highest BCUT2D eigenvalue weighted by Crippen LogP contribution is 2.40. The number of aromatic nitrogens is 2. The number of hydrogen-bond donors (Lipinski definition) is 0. The number of carbonyl (C=O) groups excluding carboxylic acids is 1. The Bertz CT molecular complexity index is 939. The number of methoxy groups -OCH3 is 1. The van der Waals surface area contributed by atoms with Gasteiger partial charge >= 0.3 is 12.1 Å². The van der Waals surface area contributed by atoms with E-state index in [9.17, 15) is 23.2 Å². The van der Waals surface area contributed by atoms with Crippen molar-refractivity contribution in [3.8, 4) is 11.8 Å². The van der Waals surface area contributed by atoms with Gasteiger partial charge in [-0.2, -0.15) is 23.5 Å². The summed E-state index contributed by atoms with van der Waals surface area (Å²) in [5.74, 6) is -0.138. The van der Waals surface area contributed by atoms with Crippen molar-refractivity contribution in [1.82, 2.24) is 9.78 Å². The minimum absolute atomic E-state index is 0.118. The van der Waals surface area contributed by atoms with Crippen molar-refractivity contribution in [2.45, 2.75) is 58.4 Å². The molecule has 2 aromatic rings. The first-order valence-electron chi connectivity index (χ1n) is 9.30. The number of alkyl halides is 3.